The first-order valence-electron chi connectivity index (χ1n) is 5.55. The number of ether oxygens (including phenoxy) is 1. The molecule has 1 rings (SSSR count). The van der Waals surface area contributed by atoms with Crippen LogP contribution in [0.3, 0.4) is 0 Å². The van der Waals surface area contributed by atoms with Crippen molar-refractivity contribution in [3.8, 4) is 0 Å². The molecule has 0 aromatic heterocycles. The average molecular weight is 271 g/mol. The fraction of sp³-hybridized carbons (Fsp3) is 0.417. The monoisotopic (exact) mass is 271 g/mol. The summed E-state index contributed by atoms with van der Waals surface area (Å²) in [7, 11) is -3.21. The molecular formula is C12H17NO4S. The van der Waals surface area contributed by atoms with Gasteiger partial charge in [0, 0.05) is 12.3 Å². The number of hydrogen-bond donors (Lipinski definition) is 1. The summed E-state index contributed by atoms with van der Waals surface area (Å²) in [4.78, 5) is 11.5. The minimum Gasteiger partial charge on any atom is -0.466 e. The van der Waals surface area contributed by atoms with E-state index in [1.165, 1.54) is 12.1 Å². The lowest BCUT2D eigenvalue weighted by Gasteiger charge is -2.11. The molecule has 0 saturated carbocycles. The Morgan fingerprint density at radius 1 is 1.33 bits per heavy atom. The lowest BCUT2D eigenvalue weighted by Crippen LogP contribution is -2.17. The molecule has 0 aliphatic rings. The number of carbonyl (C=O) groups is 1. The summed E-state index contributed by atoms with van der Waals surface area (Å²) in [5, 5.41) is 0. The van der Waals surface area contributed by atoms with Gasteiger partial charge in [-0.2, -0.15) is 0 Å². The van der Waals surface area contributed by atoms with Gasteiger partial charge in [0.2, 0.25) is 0 Å². The second-order valence-electron chi connectivity index (χ2n) is 3.96. The van der Waals surface area contributed by atoms with Gasteiger partial charge in [-0.1, -0.05) is 12.1 Å². The number of carbonyl (C=O) groups excluding carboxylic acids is 1. The van der Waals surface area contributed by atoms with Gasteiger partial charge in [0.05, 0.1) is 17.9 Å². The summed E-state index contributed by atoms with van der Waals surface area (Å²) in [6, 6.07) is 5.70. The SMILES string of the molecule is CCOC(=O)C[C@H](N)c1ccc(S(C)(=O)=O)cc1. The van der Waals surface area contributed by atoms with Crippen molar-refractivity contribution in [3.05, 3.63) is 29.8 Å². The maximum Gasteiger partial charge on any atom is 0.307 e. The van der Waals surface area contributed by atoms with Crippen LogP contribution in [0, 0.1) is 0 Å². The van der Waals surface area contributed by atoms with Crippen LogP contribution < -0.4 is 5.73 Å². The Bertz CT molecular complexity index is 507. The van der Waals surface area contributed by atoms with Crippen LogP contribution in [0.15, 0.2) is 29.2 Å². The highest BCUT2D eigenvalue weighted by atomic mass is 32.2. The molecule has 0 fully saturated rings. The van der Waals surface area contributed by atoms with Crippen molar-refractivity contribution in [2.24, 2.45) is 5.73 Å². The van der Waals surface area contributed by atoms with Gasteiger partial charge in [-0.15, -0.1) is 0 Å². The van der Waals surface area contributed by atoms with Gasteiger partial charge in [-0.25, -0.2) is 8.42 Å². The van der Waals surface area contributed by atoms with E-state index in [0.717, 1.165) is 6.26 Å². The maximum absolute atomic E-state index is 11.3. The summed E-state index contributed by atoms with van der Waals surface area (Å²) >= 11 is 0. The quantitative estimate of drug-likeness (QED) is 0.809. The molecule has 1 aromatic rings. The molecule has 0 radical (unpaired) electrons. The van der Waals surface area contributed by atoms with Gasteiger partial charge >= 0.3 is 5.97 Å². The molecule has 0 unspecified atom stereocenters. The molecule has 0 spiro atoms. The number of sulfone groups is 1. The number of nitrogens with two attached hydrogens (primary N) is 1. The Balaban J connectivity index is 2.76. The molecule has 0 saturated heterocycles. The zero-order chi connectivity index (χ0) is 13.8. The van der Waals surface area contributed by atoms with Crippen molar-refractivity contribution in [1.29, 1.82) is 0 Å². The second kappa shape index (κ2) is 5.97. The van der Waals surface area contributed by atoms with Crippen molar-refractivity contribution >= 4 is 15.8 Å². The highest BCUT2D eigenvalue weighted by Gasteiger charge is 2.13. The molecule has 1 atom stereocenters. The summed E-state index contributed by atoms with van der Waals surface area (Å²) in [5.41, 5.74) is 6.54. The smallest absolute Gasteiger partial charge is 0.307 e. The predicted octanol–water partition coefficient (Wildman–Crippen LogP) is 1.04. The Hall–Kier alpha value is -1.40. The Kier molecular flexibility index (Phi) is 4.86. The van der Waals surface area contributed by atoms with E-state index in [1.54, 1.807) is 19.1 Å². The molecular weight excluding hydrogens is 254 g/mol. The normalized spacial score (nSPS) is 13.1. The zero-order valence-electron chi connectivity index (χ0n) is 10.4. The topological polar surface area (TPSA) is 86.5 Å². The van der Waals surface area contributed by atoms with Gasteiger partial charge in [0.15, 0.2) is 9.84 Å². The van der Waals surface area contributed by atoms with Gasteiger partial charge in [-0.3, -0.25) is 4.79 Å². The van der Waals surface area contributed by atoms with Gasteiger partial charge < -0.3 is 10.5 Å². The summed E-state index contributed by atoms with van der Waals surface area (Å²) in [5.74, 6) is -0.364. The van der Waals surface area contributed by atoms with Crippen LogP contribution in [-0.4, -0.2) is 27.2 Å². The van der Waals surface area contributed by atoms with Crippen LogP contribution in [0.1, 0.15) is 24.9 Å². The van der Waals surface area contributed by atoms with Crippen LogP contribution in [0.4, 0.5) is 0 Å². The summed E-state index contributed by atoms with van der Waals surface area (Å²) in [6.45, 7) is 2.04. The van der Waals surface area contributed by atoms with Crippen molar-refractivity contribution in [2.45, 2.75) is 24.3 Å². The van der Waals surface area contributed by atoms with Crippen molar-refractivity contribution < 1.29 is 17.9 Å². The minimum absolute atomic E-state index is 0.0755. The third kappa shape index (κ3) is 4.12. The number of hydrogen-bond acceptors (Lipinski definition) is 5. The zero-order valence-corrected chi connectivity index (χ0v) is 11.2. The third-order valence-electron chi connectivity index (χ3n) is 2.43. The van der Waals surface area contributed by atoms with E-state index in [-0.39, 0.29) is 17.3 Å². The predicted molar refractivity (Wildman–Crippen MR) is 67.7 cm³/mol. The van der Waals surface area contributed by atoms with E-state index in [0.29, 0.717) is 12.2 Å². The highest BCUT2D eigenvalue weighted by molar-refractivity contribution is 7.90. The molecule has 0 aliphatic carbocycles. The molecule has 0 aliphatic heterocycles. The Labute approximate surface area is 107 Å². The van der Waals surface area contributed by atoms with Crippen molar-refractivity contribution in [1.82, 2.24) is 0 Å². The van der Waals surface area contributed by atoms with Gasteiger partial charge in [-0.05, 0) is 24.6 Å². The Morgan fingerprint density at radius 2 is 1.89 bits per heavy atom. The molecule has 0 bridgehead atoms. The molecule has 1 aromatic carbocycles. The van der Waals surface area contributed by atoms with E-state index in [1.807, 2.05) is 0 Å². The summed E-state index contributed by atoms with van der Waals surface area (Å²) < 4.78 is 27.3. The van der Waals surface area contributed by atoms with Crippen LogP contribution >= 0.6 is 0 Å². The standard InChI is InChI=1S/C12H17NO4S/c1-3-17-12(14)8-11(13)9-4-6-10(7-5-9)18(2,15)16/h4-7,11H,3,8,13H2,1-2H3/t11-/m0/s1. The fourth-order valence-electron chi connectivity index (χ4n) is 1.48. The molecule has 6 heteroatoms. The Morgan fingerprint density at radius 3 is 2.33 bits per heavy atom. The van der Waals surface area contributed by atoms with E-state index in [9.17, 15) is 13.2 Å². The third-order valence-corrected chi connectivity index (χ3v) is 3.56. The number of rotatable bonds is 5. The fourth-order valence-corrected chi connectivity index (χ4v) is 2.11. The van der Waals surface area contributed by atoms with E-state index in [4.69, 9.17) is 10.5 Å². The molecule has 5 nitrogen and oxygen atoms in total. The first-order chi connectivity index (χ1) is 8.34. The molecule has 0 heterocycles. The first-order valence-corrected chi connectivity index (χ1v) is 7.45. The van der Waals surface area contributed by atoms with E-state index >= 15 is 0 Å². The lowest BCUT2D eigenvalue weighted by atomic mass is 10.1. The van der Waals surface area contributed by atoms with Crippen molar-refractivity contribution in [3.63, 3.8) is 0 Å². The average Bonchev–Trinajstić information content (AvgIpc) is 2.28. The van der Waals surface area contributed by atoms with Crippen LogP contribution in [0.25, 0.3) is 0 Å². The molecule has 18 heavy (non-hydrogen) atoms. The summed E-state index contributed by atoms with van der Waals surface area (Å²) in [6.07, 6.45) is 1.21. The van der Waals surface area contributed by atoms with Crippen LogP contribution in [-0.2, 0) is 19.4 Å². The largest absolute Gasteiger partial charge is 0.466 e. The van der Waals surface area contributed by atoms with Gasteiger partial charge in [0.25, 0.3) is 0 Å². The molecule has 2 N–H and O–H groups in total. The van der Waals surface area contributed by atoms with Crippen LogP contribution in [0.5, 0.6) is 0 Å². The van der Waals surface area contributed by atoms with Crippen molar-refractivity contribution in [2.75, 3.05) is 12.9 Å². The van der Waals surface area contributed by atoms with E-state index in [2.05, 4.69) is 0 Å². The van der Waals surface area contributed by atoms with Crippen LogP contribution in [0.2, 0.25) is 0 Å². The first kappa shape index (κ1) is 14.7. The lowest BCUT2D eigenvalue weighted by molar-refractivity contribution is -0.143. The highest BCUT2D eigenvalue weighted by Crippen LogP contribution is 2.17. The number of benzene rings is 1. The van der Waals surface area contributed by atoms with E-state index < -0.39 is 15.9 Å². The molecule has 100 valence electrons. The minimum atomic E-state index is -3.21. The molecule has 0 amide bonds. The maximum atomic E-state index is 11.3. The number of esters is 1. The van der Waals surface area contributed by atoms with Gasteiger partial charge in [0.1, 0.15) is 0 Å². The second-order valence-corrected chi connectivity index (χ2v) is 5.97.